The van der Waals surface area contributed by atoms with Gasteiger partial charge in [-0.1, -0.05) is 24.3 Å². The van der Waals surface area contributed by atoms with Crippen LogP contribution in [0.25, 0.3) is 11.3 Å². The maximum absolute atomic E-state index is 11.9. The summed E-state index contributed by atoms with van der Waals surface area (Å²) < 4.78 is 0. The molecule has 0 spiro atoms. The van der Waals surface area contributed by atoms with Gasteiger partial charge in [-0.25, -0.2) is 4.79 Å². The molecule has 1 aromatic heterocycles. The van der Waals surface area contributed by atoms with E-state index in [9.17, 15) is 14.7 Å². The Morgan fingerprint density at radius 1 is 1.00 bits per heavy atom. The summed E-state index contributed by atoms with van der Waals surface area (Å²) in [4.78, 5) is 23.1. The quantitative estimate of drug-likeness (QED) is 0.549. The molecular formula is C16H12N4O4. The lowest BCUT2D eigenvalue weighted by atomic mass is 10.1. The van der Waals surface area contributed by atoms with Crippen molar-refractivity contribution in [3.05, 3.63) is 64.4 Å². The maximum atomic E-state index is 11.9. The SMILES string of the molecule is O=C(O)c1ccccc1N=Nc1c(-c2cccc(O)c2)[nH][nH]c1=O. The molecule has 0 fully saturated rings. The fourth-order valence-corrected chi connectivity index (χ4v) is 2.16. The van der Waals surface area contributed by atoms with Crippen LogP contribution in [0.4, 0.5) is 11.4 Å². The van der Waals surface area contributed by atoms with E-state index in [-0.39, 0.29) is 22.7 Å². The molecule has 120 valence electrons. The summed E-state index contributed by atoms with van der Waals surface area (Å²) in [5.41, 5.74) is 0.464. The van der Waals surface area contributed by atoms with Gasteiger partial charge in [-0.15, -0.1) is 10.2 Å². The topological polar surface area (TPSA) is 131 Å². The minimum Gasteiger partial charge on any atom is -0.508 e. The van der Waals surface area contributed by atoms with Gasteiger partial charge in [0.1, 0.15) is 11.4 Å². The Balaban J connectivity index is 2.05. The van der Waals surface area contributed by atoms with Crippen LogP contribution >= 0.6 is 0 Å². The van der Waals surface area contributed by atoms with Gasteiger partial charge >= 0.3 is 5.97 Å². The van der Waals surface area contributed by atoms with E-state index in [4.69, 9.17) is 5.11 Å². The normalized spacial score (nSPS) is 11.0. The Morgan fingerprint density at radius 2 is 1.79 bits per heavy atom. The summed E-state index contributed by atoms with van der Waals surface area (Å²) in [5.74, 6) is -1.10. The van der Waals surface area contributed by atoms with Gasteiger partial charge in [-0.3, -0.25) is 15.0 Å². The number of aromatic amines is 2. The number of carboxylic acid groups (broad SMARTS) is 1. The van der Waals surface area contributed by atoms with E-state index in [1.165, 1.54) is 24.3 Å². The van der Waals surface area contributed by atoms with E-state index in [2.05, 4.69) is 20.4 Å². The number of nitrogens with zero attached hydrogens (tertiary/aromatic N) is 2. The fraction of sp³-hybridized carbons (Fsp3) is 0. The molecule has 0 amide bonds. The molecule has 0 bridgehead atoms. The van der Waals surface area contributed by atoms with Crippen molar-refractivity contribution in [2.75, 3.05) is 0 Å². The summed E-state index contributed by atoms with van der Waals surface area (Å²) in [7, 11) is 0. The predicted molar refractivity (Wildman–Crippen MR) is 86.1 cm³/mol. The average molecular weight is 324 g/mol. The molecule has 4 N–H and O–H groups in total. The Bertz CT molecular complexity index is 987. The van der Waals surface area contributed by atoms with Crippen LogP contribution in [0.2, 0.25) is 0 Å². The van der Waals surface area contributed by atoms with Crippen molar-refractivity contribution in [3.63, 3.8) is 0 Å². The molecule has 2 aromatic carbocycles. The van der Waals surface area contributed by atoms with Gasteiger partial charge in [0.15, 0.2) is 5.69 Å². The number of H-pyrrole nitrogens is 2. The molecular weight excluding hydrogens is 312 g/mol. The number of nitrogens with one attached hydrogen (secondary N) is 2. The first kappa shape index (κ1) is 15.2. The number of azo groups is 1. The van der Waals surface area contributed by atoms with E-state index in [1.807, 2.05) is 0 Å². The number of aromatic nitrogens is 2. The highest BCUT2D eigenvalue weighted by Crippen LogP contribution is 2.29. The Morgan fingerprint density at radius 3 is 2.54 bits per heavy atom. The summed E-state index contributed by atoms with van der Waals surface area (Å²) in [6, 6.07) is 12.3. The molecule has 0 aliphatic carbocycles. The van der Waals surface area contributed by atoms with E-state index in [0.29, 0.717) is 11.3 Å². The van der Waals surface area contributed by atoms with Gasteiger partial charge in [0.2, 0.25) is 0 Å². The highest BCUT2D eigenvalue weighted by atomic mass is 16.4. The summed E-state index contributed by atoms with van der Waals surface area (Å²) >= 11 is 0. The number of phenols is 1. The number of hydrogen-bond acceptors (Lipinski definition) is 5. The molecule has 0 saturated carbocycles. The first-order chi connectivity index (χ1) is 11.6. The molecule has 3 aromatic rings. The van der Waals surface area contributed by atoms with Crippen molar-refractivity contribution in [3.8, 4) is 17.0 Å². The van der Waals surface area contributed by atoms with E-state index in [1.54, 1.807) is 24.3 Å². The number of benzene rings is 2. The largest absolute Gasteiger partial charge is 0.508 e. The van der Waals surface area contributed by atoms with Crippen LogP contribution in [-0.2, 0) is 0 Å². The summed E-state index contributed by atoms with van der Waals surface area (Å²) in [6.45, 7) is 0. The molecule has 1 heterocycles. The minimum atomic E-state index is -1.14. The number of aromatic hydroxyl groups is 1. The standard InChI is InChI=1S/C16H12N4O4/c21-10-5-3-4-9(8-10)13-14(15(22)20-18-13)19-17-12-7-2-1-6-11(12)16(23)24/h1-8,21H,(H,23,24)(H2,18,20,22). The number of hydrogen-bond donors (Lipinski definition) is 4. The van der Waals surface area contributed by atoms with Crippen molar-refractivity contribution in [1.29, 1.82) is 0 Å². The molecule has 0 aliphatic heterocycles. The van der Waals surface area contributed by atoms with Crippen LogP contribution < -0.4 is 5.56 Å². The first-order valence-electron chi connectivity index (χ1n) is 6.90. The lowest BCUT2D eigenvalue weighted by molar-refractivity contribution is 0.0697. The van der Waals surface area contributed by atoms with Crippen LogP contribution in [0.3, 0.4) is 0 Å². The highest BCUT2D eigenvalue weighted by molar-refractivity contribution is 5.93. The van der Waals surface area contributed by atoms with Crippen molar-refractivity contribution in [2.45, 2.75) is 0 Å². The maximum Gasteiger partial charge on any atom is 0.337 e. The average Bonchev–Trinajstić information content (AvgIpc) is 2.94. The van der Waals surface area contributed by atoms with Gasteiger partial charge in [-0.2, -0.15) is 0 Å². The minimum absolute atomic E-state index is 0.0132. The van der Waals surface area contributed by atoms with Gasteiger partial charge in [0, 0.05) is 5.56 Å². The lowest BCUT2D eigenvalue weighted by Gasteiger charge is -2.00. The second-order valence-electron chi connectivity index (χ2n) is 4.88. The zero-order chi connectivity index (χ0) is 17.1. The molecule has 0 aliphatic rings. The Hall–Kier alpha value is -3.68. The molecule has 0 unspecified atom stereocenters. The summed E-state index contributed by atoms with van der Waals surface area (Å²) in [6.07, 6.45) is 0. The number of rotatable bonds is 4. The monoisotopic (exact) mass is 324 g/mol. The molecule has 8 heteroatoms. The van der Waals surface area contributed by atoms with Crippen LogP contribution in [0.1, 0.15) is 10.4 Å². The number of carboxylic acids is 1. The van der Waals surface area contributed by atoms with Crippen LogP contribution in [0.15, 0.2) is 63.6 Å². The smallest absolute Gasteiger partial charge is 0.337 e. The molecule has 0 saturated heterocycles. The predicted octanol–water partition coefficient (Wildman–Crippen LogP) is 3.19. The number of carbonyl (C=O) groups is 1. The molecule has 8 nitrogen and oxygen atoms in total. The van der Waals surface area contributed by atoms with E-state index >= 15 is 0 Å². The van der Waals surface area contributed by atoms with Gasteiger partial charge < -0.3 is 10.2 Å². The second-order valence-corrected chi connectivity index (χ2v) is 4.88. The number of phenolic OH excluding ortho intramolecular Hbond substituents is 1. The third-order valence-electron chi connectivity index (χ3n) is 3.28. The van der Waals surface area contributed by atoms with Crippen LogP contribution in [0, 0.1) is 0 Å². The van der Waals surface area contributed by atoms with Crippen molar-refractivity contribution in [1.82, 2.24) is 10.2 Å². The van der Waals surface area contributed by atoms with Crippen molar-refractivity contribution < 1.29 is 15.0 Å². The third kappa shape index (κ3) is 2.93. The molecule has 3 rings (SSSR count). The Kier molecular flexibility index (Phi) is 3.94. The zero-order valence-electron chi connectivity index (χ0n) is 12.2. The van der Waals surface area contributed by atoms with E-state index in [0.717, 1.165) is 0 Å². The highest BCUT2D eigenvalue weighted by Gasteiger charge is 2.13. The van der Waals surface area contributed by atoms with Crippen molar-refractivity contribution in [2.24, 2.45) is 10.2 Å². The second kappa shape index (κ2) is 6.21. The molecule has 24 heavy (non-hydrogen) atoms. The first-order valence-corrected chi connectivity index (χ1v) is 6.90. The van der Waals surface area contributed by atoms with Gasteiger partial charge in [-0.05, 0) is 24.3 Å². The van der Waals surface area contributed by atoms with Crippen molar-refractivity contribution >= 4 is 17.3 Å². The Labute approximate surface area is 135 Å². The number of aromatic carboxylic acids is 1. The molecule has 0 radical (unpaired) electrons. The van der Waals surface area contributed by atoms with E-state index < -0.39 is 11.5 Å². The third-order valence-corrected chi connectivity index (χ3v) is 3.28. The van der Waals surface area contributed by atoms with Gasteiger partial charge in [0.05, 0.1) is 11.3 Å². The summed E-state index contributed by atoms with van der Waals surface area (Å²) in [5, 5.41) is 31.5. The van der Waals surface area contributed by atoms with Gasteiger partial charge in [0.25, 0.3) is 5.56 Å². The lowest BCUT2D eigenvalue weighted by Crippen LogP contribution is -1.97. The fourth-order valence-electron chi connectivity index (χ4n) is 2.16. The molecule has 0 atom stereocenters. The van der Waals surface area contributed by atoms with Crippen LogP contribution in [-0.4, -0.2) is 26.4 Å². The van der Waals surface area contributed by atoms with Crippen LogP contribution in [0.5, 0.6) is 5.75 Å². The zero-order valence-corrected chi connectivity index (χ0v) is 12.2.